The molecule has 1 aromatic heterocycles. The van der Waals surface area contributed by atoms with E-state index >= 15 is 0 Å². The number of nitrogens with zero attached hydrogens (tertiary/aromatic N) is 1. The molecule has 1 atom stereocenters. The smallest absolute Gasteiger partial charge is 0.340 e. The maximum Gasteiger partial charge on any atom is 0.340 e. The zero-order valence-electron chi connectivity index (χ0n) is 13.9. The van der Waals surface area contributed by atoms with Crippen molar-refractivity contribution in [2.45, 2.75) is 44.2 Å². The molecule has 0 spiro atoms. The van der Waals surface area contributed by atoms with Crippen LogP contribution in [-0.2, 0) is 14.3 Å². The van der Waals surface area contributed by atoms with E-state index < -0.39 is 24.5 Å². The van der Waals surface area contributed by atoms with Gasteiger partial charge in [-0.3, -0.25) is 9.59 Å². The van der Waals surface area contributed by atoms with E-state index in [1.54, 1.807) is 12.1 Å². The topological polar surface area (TPSA) is 109 Å². The van der Waals surface area contributed by atoms with Gasteiger partial charge in [0, 0.05) is 18.8 Å². The zero-order chi connectivity index (χ0) is 17.6. The van der Waals surface area contributed by atoms with E-state index in [0.717, 1.165) is 31.5 Å². The highest BCUT2D eigenvalue weighted by Crippen LogP contribution is 2.23. The molecule has 1 saturated carbocycles. The van der Waals surface area contributed by atoms with E-state index in [-0.39, 0.29) is 11.5 Å². The number of anilines is 1. The lowest BCUT2D eigenvalue weighted by atomic mass is 10.1. The highest BCUT2D eigenvalue weighted by atomic mass is 16.5. The zero-order valence-corrected chi connectivity index (χ0v) is 13.9. The molecule has 2 heterocycles. The molecule has 0 unspecified atom stereocenters. The molecule has 8 nitrogen and oxygen atoms in total. The summed E-state index contributed by atoms with van der Waals surface area (Å²) >= 11 is 0. The number of hydrogen-bond acceptors (Lipinski definition) is 6. The third-order valence-corrected chi connectivity index (χ3v) is 4.13. The molecular weight excluding hydrogens is 324 g/mol. The van der Waals surface area contributed by atoms with Crippen LogP contribution in [-0.4, -0.2) is 48.0 Å². The van der Waals surface area contributed by atoms with E-state index in [2.05, 4.69) is 20.9 Å². The van der Waals surface area contributed by atoms with Gasteiger partial charge in [-0.2, -0.15) is 0 Å². The summed E-state index contributed by atoms with van der Waals surface area (Å²) in [5, 5.41) is 8.56. The minimum atomic E-state index is -0.620. The Balaban J connectivity index is 1.44. The molecule has 0 radical (unpaired) electrons. The normalized spacial score (nSPS) is 20.2. The lowest BCUT2D eigenvalue weighted by Gasteiger charge is -2.15. The third kappa shape index (κ3) is 5.17. The fourth-order valence-electron chi connectivity index (χ4n) is 2.56. The molecular formula is C17H22N4O4. The maximum atomic E-state index is 12.0. The van der Waals surface area contributed by atoms with Crippen molar-refractivity contribution in [2.75, 3.05) is 18.5 Å². The summed E-state index contributed by atoms with van der Waals surface area (Å²) in [6.07, 6.45) is 6.04. The molecule has 2 aliphatic rings. The van der Waals surface area contributed by atoms with E-state index in [1.807, 2.05) is 0 Å². The average Bonchev–Trinajstić information content (AvgIpc) is 3.43. The predicted molar refractivity (Wildman–Crippen MR) is 90.0 cm³/mol. The number of esters is 1. The number of pyridine rings is 1. The molecule has 1 saturated heterocycles. The van der Waals surface area contributed by atoms with Gasteiger partial charge >= 0.3 is 5.97 Å². The summed E-state index contributed by atoms with van der Waals surface area (Å²) in [6, 6.07) is 3.24. The van der Waals surface area contributed by atoms with Gasteiger partial charge in [-0.15, -0.1) is 0 Å². The second-order valence-corrected chi connectivity index (χ2v) is 6.33. The highest BCUT2D eigenvalue weighted by molar-refractivity contribution is 5.92. The lowest BCUT2D eigenvalue weighted by molar-refractivity contribution is -0.130. The van der Waals surface area contributed by atoms with Crippen LogP contribution < -0.4 is 16.0 Å². The molecule has 2 amide bonds. The summed E-state index contributed by atoms with van der Waals surface area (Å²) < 4.78 is 4.99. The predicted octanol–water partition coefficient (Wildman–Crippen LogP) is 0.598. The molecule has 25 heavy (non-hydrogen) atoms. The quantitative estimate of drug-likeness (QED) is 0.651. The van der Waals surface area contributed by atoms with Crippen LogP contribution in [0.4, 0.5) is 5.82 Å². The molecule has 1 aliphatic heterocycles. The van der Waals surface area contributed by atoms with Crippen LogP contribution in [0.2, 0.25) is 0 Å². The monoisotopic (exact) mass is 346 g/mol. The Hall–Kier alpha value is -2.64. The standard InChI is InChI=1S/C17H22N4O4/c22-15(21-13-3-1-2-8-18-16(13)23)10-25-17(24)11-4-7-14(19-9-11)20-12-5-6-12/h4,7,9,12-13H,1-3,5-6,8,10H2,(H,18,23)(H,19,20)(H,21,22)/t13-/m0/s1. The van der Waals surface area contributed by atoms with Crippen molar-refractivity contribution < 1.29 is 19.1 Å². The first-order valence-electron chi connectivity index (χ1n) is 8.58. The van der Waals surface area contributed by atoms with E-state index in [0.29, 0.717) is 19.0 Å². The van der Waals surface area contributed by atoms with E-state index in [1.165, 1.54) is 6.20 Å². The van der Waals surface area contributed by atoms with E-state index in [4.69, 9.17) is 4.74 Å². The summed E-state index contributed by atoms with van der Waals surface area (Å²) in [5.41, 5.74) is 0.279. The van der Waals surface area contributed by atoms with Crippen molar-refractivity contribution in [1.82, 2.24) is 15.6 Å². The number of aromatic nitrogens is 1. The first-order chi connectivity index (χ1) is 12.1. The Morgan fingerprint density at radius 2 is 2.08 bits per heavy atom. The van der Waals surface area contributed by atoms with Crippen molar-refractivity contribution in [1.29, 1.82) is 0 Å². The van der Waals surface area contributed by atoms with Gasteiger partial charge in [0.1, 0.15) is 11.9 Å². The number of carbonyl (C=O) groups is 3. The average molecular weight is 346 g/mol. The SMILES string of the molecule is O=C(COC(=O)c1ccc(NC2CC2)nc1)N[C@H]1CCCCNC1=O. The number of amides is 2. The number of hydrogen-bond donors (Lipinski definition) is 3. The van der Waals surface area contributed by atoms with Gasteiger partial charge in [0.05, 0.1) is 5.56 Å². The van der Waals surface area contributed by atoms with Crippen molar-refractivity contribution in [3.05, 3.63) is 23.9 Å². The van der Waals surface area contributed by atoms with Gasteiger partial charge in [0.25, 0.3) is 5.91 Å². The first kappa shape index (κ1) is 17.2. The molecule has 134 valence electrons. The highest BCUT2D eigenvalue weighted by Gasteiger charge is 2.23. The Morgan fingerprint density at radius 1 is 1.24 bits per heavy atom. The Kier molecular flexibility index (Phi) is 5.47. The minimum absolute atomic E-state index is 0.194. The number of ether oxygens (including phenoxy) is 1. The fourth-order valence-corrected chi connectivity index (χ4v) is 2.56. The minimum Gasteiger partial charge on any atom is -0.452 e. The molecule has 8 heteroatoms. The van der Waals surface area contributed by atoms with Crippen molar-refractivity contribution in [2.24, 2.45) is 0 Å². The number of nitrogens with one attached hydrogen (secondary N) is 3. The van der Waals surface area contributed by atoms with E-state index in [9.17, 15) is 14.4 Å². The van der Waals surface area contributed by atoms with Gasteiger partial charge in [-0.1, -0.05) is 0 Å². The summed E-state index contributed by atoms with van der Waals surface area (Å²) in [6.45, 7) is 0.198. The fraction of sp³-hybridized carbons (Fsp3) is 0.529. The van der Waals surface area contributed by atoms with Crippen molar-refractivity contribution in [3.8, 4) is 0 Å². The third-order valence-electron chi connectivity index (χ3n) is 4.13. The van der Waals surface area contributed by atoms with Crippen LogP contribution in [0.25, 0.3) is 0 Å². The van der Waals surface area contributed by atoms with Crippen LogP contribution in [0, 0.1) is 0 Å². The summed E-state index contributed by atoms with van der Waals surface area (Å²) in [7, 11) is 0. The van der Waals surface area contributed by atoms with Crippen LogP contribution in [0.15, 0.2) is 18.3 Å². The Bertz CT molecular complexity index is 643. The van der Waals surface area contributed by atoms with Crippen LogP contribution in [0.1, 0.15) is 42.5 Å². The van der Waals surface area contributed by atoms with Crippen molar-refractivity contribution >= 4 is 23.6 Å². The molecule has 2 fully saturated rings. The molecule has 0 bridgehead atoms. The molecule has 0 aromatic carbocycles. The van der Waals surface area contributed by atoms with Gasteiger partial charge in [0.2, 0.25) is 5.91 Å². The Morgan fingerprint density at radius 3 is 2.80 bits per heavy atom. The molecule has 1 aromatic rings. The van der Waals surface area contributed by atoms with Gasteiger partial charge in [-0.25, -0.2) is 9.78 Å². The number of rotatable bonds is 6. The second-order valence-electron chi connectivity index (χ2n) is 6.33. The number of carbonyl (C=O) groups excluding carboxylic acids is 3. The van der Waals surface area contributed by atoms with Crippen LogP contribution in [0.3, 0.4) is 0 Å². The van der Waals surface area contributed by atoms with Crippen LogP contribution >= 0.6 is 0 Å². The first-order valence-corrected chi connectivity index (χ1v) is 8.58. The largest absolute Gasteiger partial charge is 0.452 e. The van der Waals surface area contributed by atoms with Crippen LogP contribution in [0.5, 0.6) is 0 Å². The van der Waals surface area contributed by atoms with Gasteiger partial charge < -0.3 is 20.7 Å². The van der Waals surface area contributed by atoms with Crippen molar-refractivity contribution in [3.63, 3.8) is 0 Å². The Labute approximate surface area is 145 Å². The molecule has 3 N–H and O–H groups in total. The summed E-state index contributed by atoms with van der Waals surface area (Å²) in [4.78, 5) is 39.8. The summed E-state index contributed by atoms with van der Waals surface area (Å²) in [5.74, 6) is -0.586. The second kappa shape index (κ2) is 7.96. The van der Waals surface area contributed by atoms with Gasteiger partial charge in [-0.05, 0) is 44.2 Å². The maximum absolute atomic E-state index is 12.0. The molecule has 3 rings (SSSR count). The lowest BCUT2D eigenvalue weighted by Crippen LogP contribution is -2.46. The van der Waals surface area contributed by atoms with Gasteiger partial charge in [0.15, 0.2) is 6.61 Å². The molecule has 1 aliphatic carbocycles.